The Hall–Kier alpha value is -1.74. The lowest BCUT2D eigenvalue weighted by Crippen LogP contribution is -1.86. The lowest BCUT2D eigenvalue weighted by atomic mass is 10.2. The van der Waals surface area contributed by atoms with E-state index in [0.29, 0.717) is 0 Å². The molecule has 0 bridgehead atoms. The van der Waals surface area contributed by atoms with Crippen LogP contribution >= 0.6 is 11.8 Å². The van der Waals surface area contributed by atoms with E-state index in [-0.39, 0.29) is 0 Å². The second-order valence-corrected chi connectivity index (χ2v) is 5.78. The van der Waals surface area contributed by atoms with Gasteiger partial charge in [0.15, 0.2) is 0 Å². The van der Waals surface area contributed by atoms with E-state index in [4.69, 9.17) is 0 Å². The number of hydrogen-bond donors (Lipinski definition) is 0. The van der Waals surface area contributed by atoms with Crippen molar-refractivity contribution < 1.29 is 0 Å². The predicted octanol–water partition coefficient (Wildman–Crippen LogP) is 4.24. The Morgan fingerprint density at radius 1 is 1.05 bits per heavy atom. The molecular weight excluding hydrogens is 252 g/mol. The third-order valence-corrected chi connectivity index (χ3v) is 4.20. The predicted molar refractivity (Wildman–Crippen MR) is 80.7 cm³/mol. The maximum absolute atomic E-state index is 4.65. The van der Waals surface area contributed by atoms with Crippen LogP contribution in [0.2, 0.25) is 0 Å². The van der Waals surface area contributed by atoms with Crippen molar-refractivity contribution in [3.63, 3.8) is 0 Å². The van der Waals surface area contributed by atoms with Crippen molar-refractivity contribution in [3.05, 3.63) is 65.6 Å². The van der Waals surface area contributed by atoms with Gasteiger partial charge < -0.3 is 4.40 Å². The Balaban J connectivity index is 1.78. The van der Waals surface area contributed by atoms with Crippen molar-refractivity contribution >= 4 is 17.4 Å². The molecule has 3 rings (SSSR count). The SMILES string of the molecule is Cc1ccc(SCc2cn3c(C)cccc3n2)cc1. The highest BCUT2D eigenvalue weighted by Crippen LogP contribution is 2.23. The van der Waals surface area contributed by atoms with Crippen LogP contribution in [0.25, 0.3) is 5.65 Å². The van der Waals surface area contributed by atoms with Crippen LogP contribution < -0.4 is 0 Å². The summed E-state index contributed by atoms with van der Waals surface area (Å²) < 4.78 is 2.14. The highest BCUT2D eigenvalue weighted by Gasteiger charge is 2.03. The fourth-order valence-corrected chi connectivity index (χ4v) is 2.84. The van der Waals surface area contributed by atoms with Crippen LogP contribution in [0.3, 0.4) is 0 Å². The average molecular weight is 268 g/mol. The third kappa shape index (κ3) is 2.66. The summed E-state index contributed by atoms with van der Waals surface area (Å²) in [4.78, 5) is 5.94. The Morgan fingerprint density at radius 2 is 1.84 bits per heavy atom. The van der Waals surface area contributed by atoms with E-state index >= 15 is 0 Å². The summed E-state index contributed by atoms with van der Waals surface area (Å²) in [5, 5.41) is 0. The molecule has 0 unspecified atom stereocenters. The first kappa shape index (κ1) is 12.3. The molecule has 0 spiro atoms. The zero-order chi connectivity index (χ0) is 13.2. The molecule has 0 atom stereocenters. The van der Waals surface area contributed by atoms with Crippen molar-refractivity contribution in [2.75, 3.05) is 0 Å². The van der Waals surface area contributed by atoms with Gasteiger partial charge in [-0.1, -0.05) is 23.8 Å². The van der Waals surface area contributed by atoms with E-state index < -0.39 is 0 Å². The van der Waals surface area contributed by atoms with Gasteiger partial charge in [0.25, 0.3) is 0 Å². The number of rotatable bonds is 3. The number of pyridine rings is 1. The van der Waals surface area contributed by atoms with Gasteiger partial charge in [-0.15, -0.1) is 11.8 Å². The summed E-state index contributed by atoms with van der Waals surface area (Å²) in [5.74, 6) is 0.907. The van der Waals surface area contributed by atoms with Crippen LogP contribution in [0.5, 0.6) is 0 Å². The molecule has 2 nitrogen and oxygen atoms in total. The number of benzene rings is 1. The third-order valence-electron chi connectivity index (χ3n) is 3.15. The number of thioether (sulfide) groups is 1. The fourth-order valence-electron chi connectivity index (χ4n) is 2.06. The molecule has 0 saturated carbocycles. The summed E-state index contributed by atoms with van der Waals surface area (Å²) in [6.45, 7) is 4.21. The number of fused-ring (bicyclic) bond motifs is 1. The van der Waals surface area contributed by atoms with Gasteiger partial charge in [-0.2, -0.15) is 0 Å². The molecule has 0 amide bonds. The topological polar surface area (TPSA) is 17.3 Å². The van der Waals surface area contributed by atoms with Gasteiger partial charge >= 0.3 is 0 Å². The fraction of sp³-hybridized carbons (Fsp3) is 0.188. The van der Waals surface area contributed by atoms with Crippen molar-refractivity contribution in [3.8, 4) is 0 Å². The minimum absolute atomic E-state index is 0.907. The van der Waals surface area contributed by atoms with Gasteiger partial charge in [0.1, 0.15) is 5.65 Å². The molecule has 2 aromatic heterocycles. The molecule has 0 fully saturated rings. The number of aromatic nitrogens is 2. The van der Waals surface area contributed by atoms with Gasteiger partial charge in [0.05, 0.1) is 5.69 Å². The highest BCUT2D eigenvalue weighted by atomic mass is 32.2. The molecule has 0 aliphatic carbocycles. The molecule has 0 aliphatic rings. The molecule has 0 aliphatic heterocycles. The zero-order valence-corrected chi connectivity index (χ0v) is 11.9. The molecular formula is C16H16N2S. The Kier molecular flexibility index (Phi) is 3.30. The quantitative estimate of drug-likeness (QED) is 0.661. The Labute approximate surface area is 117 Å². The molecule has 3 heteroatoms. The minimum atomic E-state index is 0.907. The van der Waals surface area contributed by atoms with Crippen molar-refractivity contribution in [1.82, 2.24) is 9.38 Å². The summed E-state index contributed by atoms with van der Waals surface area (Å²) >= 11 is 1.83. The number of imidazole rings is 1. The molecule has 3 aromatic rings. The summed E-state index contributed by atoms with van der Waals surface area (Å²) in [5.41, 5.74) is 4.67. The number of nitrogens with zero attached hydrogens (tertiary/aromatic N) is 2. The second-order valence-electron chi connectivity index (χ2n) is 4.73. The summed E-state index contributed by atoms with van der Waals surface area (Å²) in [6.07, 6.45) is 2.13. The molecule has 19 heavy (non-hydrogen) atoms. The van der Waals surface area contributed by atoms with Gasteiger partial charge in [0.2, 0.25) is 0 Å². The average Bonchev–Trinajstić information content (AvgIpc) is 2.83. The Bertz CT molecular complexity index is 698. The lowest BCUT2D eigenvalue weighted by Gasteiger charge is -1.99. The normalized spacial score (nSPS) is 11.1. The standard InChI is InChI=1S/C16H16N2S/c1-12-6-8-15(9-7-12)19-11-14-10-18-13(2)4-3-5-16(18)17-14/h3-10H,11H2,1-2H3. The van der Waals surface area contributed by atoms with Crippen LogP contribution in [0.4, 0.5) is 0 Å². The van der Waals surface area contributed by atoms with E-state index in [1.165, 1.54) is 16.2 Å². The summed E-state index contributed by atoms with van der Waals surface area (Å²) in [7, 11) is 0. The van der Waals surface area contributed by atoms with Gasteiger partial charge in [-0.3, -0.25) is 0 Å². The van der Waals surface area contributed by atoms with E-state index in [1.54, 1.807) is 0 Å². The highest BCUT2D eigenvalue weighted by molar-refractivity contribution is 7.98. The first-order chi connectivity index (χ1) is 9.22. The van der Waals surface area contributed by atoms with E-state index in [2.05, 4.69) is 65.8 Å². The smallest absolute Gasteiger partial charge is 0.137 e. The van der Waals surface area contributed by atoms with Crippen molar-refractivity contribution in [1.29, 1.82) is 0 Å². The molecule has 0 radical (unpaired) electrons. The van der Waals surface area contributed by atoms with Crippen LogP contribution in [-0.2, 0) is 5.75 Å². The number of aryl methyl sites for hydroxylation is 2. The van der Waals surface area contributed by atoms with Gasteiger partial charge in [-0.05, 0) is 38.1 Å². The van der Waals surface area contributed by atoms with E-state index in [1.807, 2.05) is 17.8 Å². The largest absolute Gasteiger partial charge is 0.304 e. The maximum atomic E-state index is 4.65. The van der Waals surface area contributed by atoms with Crippen LogP contribution in [0.15, 0.2) is 53.6 Å². The van der Waals surface area contributed by atoms with Gasteiger partial charge in [-0.25, -0.2) is 4.98 Å². The van der Waals surface area contributed by atoms with E-state index in [0.717, 1.165) is 17.1 Å². The monoisotopic (exact) mass is 268 g/mol. The van der Waals surface area contributed by atoms with Crippen LogP contribution in [-0.4, -0.2) is 9.38 Å². The van der Waals surface area contributed by atoms with Crippen molar-refractivity contribution in [2.24, 2.45) is 0 Å². The first-order valence-corrected chi connectivity index (χ1v) is 7.34. The second kappa shape index (κ2) is 5.10. The van der Waals surface area contributed by atoms with Gasteiger partial charge in [0, 0.05) is 22.5 Å². The lowest BCUT2D eigenvalue weighted by molar-refractivity contribution is 1.09. The van der Waals surface area contributed by atoms with Crippen LogP contribution in [0, 0.1) is 13.8 Å². The summed E-state index contributed by atoms with van der Waals surface area (Å²) in [6, 6.07) is 14.8. The minimum Gasteiger partial charge on any atom is -0.304 e. The molecule has 0 saturated heterocycles. The zero-order valence-electron chi connectivity index (χ0n) is 11.1. The van der Waals surface area contributed by atoms with Crippen molar-refractivity contribution in [2.45, 2.75) is 24.5 Å². The maximum Gasteiger partial charge on any atom is 0.137 e. The van der Waals surface area contributed by atoms with E-state index in [9.17, 15) is 0 Å². The molecule has 0 N–H and O–H groups in total. The number of hydrogen-bond acceptors (Lipinski definition) is 2. The molecule has 1 aromatic carbocycles. The molecule has 2 heterocycles. The molecule has 96 valence electrons. The first-order valence-electron chi connectivity index (χ1n) is 6.35. The van der Waals surface area contributed by atoms with Crippen LogP contribution in [0.1, 0.15) is 17.0 Å². The Morgan fingerprint density at radius 3 is 2.58 bits per heavy atom.